The molecule has 1 atom stereocenters. The van der Waals surface area contributed by atoms with E-state index in [9.17, 15) is 4.79 Å². The molecule has 1 aliphatic rings. The van der Waals surface area contributed by atoms with Gasteiger partial charge in [-0.25, -0.2) is 4.98 Å². The molecule has 3 rings (SSSR count). The number of carbonyl (C=O) groups is 1. The number of amides is 1. The van der Waals surface area contributed by atoms with E-state index < -0.39 is 0 Å². The largest absolute Gasteiger partial charge is 0.301 e. The van der Waals surface area contributed by atoms with Crippen LogP contribution in [0.4, 0.5) is 5.13 Å². The second-order valence-electron chi connectivity index (χ2n) is 6.03. The van der Waals surface area contributed by atoms with Crippen LogP contribution in [0.3, 0.4) is 0 Å². The van der Waals surface area contributed by atoms with Crippen LogP contribution in [0.5, 0.6) is 0 Å². The summed E-state index contributed by atoms with van der Waals surface area (Å²) in [6.45, 7) is 3.58. The zero-order valence-corrected chi connectivity index (χ0v) is 15.7. The molecule has 1 amide bonds. The van der Waals surface area contributed by atoms with Gasteiger partial charge in [0.25, 0.3) is 0 Å². The number of benzene rings is 1. The molecule has 128 valence electrons. The van der Waals surface area contributed by atoms with Crippen molar-refractivity contribution in [2.75, 3.05) is 18.4 Å². The van der Waals surface area contributed by atoms with E-state index in [-0.39, 0.29) is 5.91 Å². The summed E-state index contributed by atoms with van der Waals surface area (Å²) in [5, 5.41) is 6.50. The predicted molar refractivity (Wildman–Crippen MR) is 101 cm³/mol. The maximum Gasteiger partial charge on any atom is 0.240 e. The van der Waals surface area contributed by atoms with Gasteiger partial charge in [0.15, 0.2) is 5.13 Å². The minimum absolute atomic E-state index is 0.0214. The lowest BCUT2D eigenvalue weighted by atomic mass is 10.0. The first-order valence-electron chi connectivity index (χ1n) is 7.98. The highest BCUT2D eigenvalue weighted by molar-refractivity contribution is 7.14. The molecule has 2 aromatic rings. The fourth-order valence-corrected chi connectivity index (χ4v) is 4.12. The van der Waals surface area contributed by atoms with Gasteiger partial charge in [0.1, 0.15) is 0 Å². The SMILES string of the molecule is C[C@H]1CCCCN1CC(=O)Nc1nc(-c2ccc(Cl)cc2Cl)cs1. The van der Waals surface area contributed by atoms with E-state index in [4.69, 9.17) is 23.2 Å². The van der Waals surface area contributed by atoms with E-state index in [0.29, 0.717) is 27.8 Å². The summed E-state index contributed by atoms with van der Waals surface area (Å²) in [6, 6.07) is 5.76. The molecule has 4 nitrogen and oxygen atoms in total. The van der Waals surface area contributed by atoms with Gasteiger partial charge < -0.3 is 5.32 Å². The van der Waals surface area contributed by atoms with Crippen molar-refractivity contribution < 1.29 is 4.79 Å². The molecule has 0 bridgehead atoms. The predicted octanol–water partition coefficient (Wildman–Crippen LogP) is 4.93. The molecule has 1 aromatic heterocycles. The smallest absolute Gasteiger partial charge is 0.240 e. The summed E-state index contributed by atoms with van der Waals surface area (Å²) in [4.78, 5) is 18.9. The number of carbonyl (C=O) groups excluding carboxylic acids is 1. The maximum atomic E-state index is 12.3. The van der Waals surface area contributed by atoms with Crippen molar-refractivity contribution in [3.63, 3.8) is 0 Å². The third kappa shape index (κ3) is 4.28. The number of thiazole rings is 1. The van der Waals surface area contributed by atoms with Gasteiger partial charge in [-0.15, -0.1) is 11.3 Å². The fourth-order valence-electron chi connectivity index (χ4n) is 2.89. The minimum Gasteiger partial charge on any atom is -0.301 e. The van der Waals surface area contributed by atoms with Crippen molar-refractivity contribution in [3.8, 4) is 11.3 Å². The Balaban J connectivity index is 1.64. The summed E-state index contributed by atoms with van der Waals surface area (Å²) in [5.74, 6) is -0.0214. The highest BCUT2D eigenvalue weighted by Gasteiger charge is 2.21. The topological polar surface area (TPSA) is 45.2 Å². The summed E-state index contributed by atoms with van der Waals surface area (Å²) in [6.07, 6.45) is 3.56. The van der Waals surface area contributed by atoms with Gasteiger partial charge in [-0.05, 0) is 44.5 Å². The number of likely N-dealkylation sites (tertiary alicyclic amines) is 1. The van der Waals surface area contributed by atoms with Crippen LogP contribution < -0.4 is 5.32 Å². The highest BCUT2D eigenvalue weighted by atomic mass is 35.5. The van der Waals surface area contributed by atoms with Crippen molar-refractivity contribution in [3.05, 3.63) is 33.6 Å². The van der Waals surface area contributed by atoms with Crippen molar-refractivity contribution in [2.24, 2.45) is 0 Å². The first-order valence-corrected chi connectivity index (χ1v) is 9.61. The molecule has 24 heavy (non-hydrogen) atoms. The molecule has 1 saturated heterocycles. The molecule has 2 heterocycles. The van der Waals surface area contributed by atoms with Gasteiger partial charge >= 0.3 is 0 Å². The summed E-state index contributed by atoms with van der Waals surface area (Å²) < 4.78 is 0. The number of halogens is 2. The second kappa shape index (κ2) is 7.83. The zero-order chi connectivity index (χ0) is 17.1. The Labute approximate surface area is 155 Å². The van der Waals surface area contributed by atoms with Gasteiger partial charge in [-0.1, -0.05) is 29.6 Å². The molecule has 0 unspecified atom stereocenters. The average molecular weight is 384 g/mol. The molecule has 0 radical (unpaired) electrons. The van der Waals surface area contributed by atoms with Crippen LogP contribution in [0.1, 0.15) is 26.2 Å². The van der Waals surface area contributed by atoms with Gasteiger partial charge in [0.2, 0.25) is 5.91 Å². The Morgan fingerprint density at radius 2 is 2.25 bits per heavy atom. The standard InChI is InChI=1S/C17H19Cl2N3OS/c1-11-4-2-3-7-22(11)9-16(23)21-17-20-15(10-24-17)13-6-5-12(18)8-14(13)19/h5-6,8,10-11H,2-4,7,9H2,1H3,(H,20,21,23)/t11-/m0/s1. The van der Waals surface area contributed by atoms with Crippen LogP contribution >= 0.6 is 34.5 Å². The molecule has 1 aromatic carbocycles. The number of nitrogens with one attached hydrogen (secondary N) is 1. The summed E-state index contributed by atoms with van der Waals surface area (Å²) in [7, 11) is 0. The van der Waals surface area contributed by atoms with Crippen LogP contribution in [0.2, 0.25) is 10.0 Å². The van der Waals surface area contributed by atoms with Gasteiger partial charge in [0, 0.05) is 22.0 Å². The fraction of sp³-hybridized carbons (Fsp3) is 0.412. The van der Waals surface area contributed by atoms with Gasteiger partial charge in [-0.2, -0.15) is 0 Å². The van der Waals surface area contributed by atoms with Crippen LogP contribution in [-0.2, 0) is 4.79 Å². The van der Waals surface area contributed by atoms with E-state index in [1.807, 2.05) is 11.4 Å². The number of hydrogen-bond donors (Lipinski definition) is 1. The molecule has 0 saturated carbocycles. The Bertz CT molecular complexity index is 734. The Morgan fingerprint density at radius 3 is 3.00 bits per heavy atom. The van der Waals surface area contributed by atoms with Crippen LogP contribution in [0.15, 0.2) is 23.6 Å². The monoisotopic (exact) mass is 383 g/mol. The van der Waals surface area contributed by atoms with Crippen molar-refractivity contribution >= 4 is 45.6 Å². The quantitative estimate of drug-likeness (QED) is 0.813. The Morgan fingerprint density at radius 1 is 1.42 bits per heavy atom. The summed E-state index contributed by atoms with van der Waals surface area (Å²) in [5.41, 5.74) is 1.55. The van der Waals surface area contributed by atoms with E-state index in [2.05, 4.69) is 22.1 Å². The first-order chi connectivity index (χ1) is 11.5. The summed E-state index contributed by atoms with van der Waals surface area (Å²) >= 11 is 13.5. The van der Waals surface area contributed by atoms with E-state index in [1.54, 1.807) is 12.1 Å². The number of aromatic nitrogens is 1. The number of hydrogen-bond acceptors (Lipinski definition) is 4. The van der Waals surface area contributed by atoms with Crippen LogP contribution in [0, 0.1) is 0 Å². The van der Waals surface area contributed by atoms with Crippen LogP contribution in [-0.4, -0.2) is 34.9 Å². The highest BCUT2D eigenvalue weighted by Crippen LogP contribution is 2.32. The van der Waals surface area contributed by atoms with Gasteiger partial charge in [0.05, 0.1) is 17.3 Å². The molecule has 0 spiro atoms. The lowest BCUT2D eigenvalue weighted by molar-refractivity contribution is -0.118. The van der Waals surface area contributed by atoms with Crippen LogP contribution in [0.25, 0.3) is 11.3 Å². The zero-order valence-electron chi connectivity index (χ0n) is 13.4. The molecule has 7 heteroatoms. The third-order valence-electron chi connectivity index (χ3n) is 4.24. The molecule has 1 aliphatic heterocycles. The number of anilines is 1. The third-order valence-corrected chi connectivity index (χ3v) is 5.55. The Hall–Kier alpha value is -1.14. The maximum absolute atomic E-state index is 12.3. The average Bonchev–Trinajstić information content (AvgIpc) is 2.97. The molecule has 1 N–H and O–H groups in total. The van der Waals surface area contributed by atoms with Crippen molar-refractivity contribution in [2.45, 2.75) is 32.2 Å². The van der Waals surface area contributed by atoms with Crippen molar-refractivity contribution in [1.82, 2.24) is 9.88 Å². The second-order valence-corrected chi connectivity index (χ2v) is 7.73. The molecule has 0 aliphatic carbocycles. The van der Waals surface area contributed by atoms with Gasteiger partial charge in [-0.3, -0.25) is 9.69 Å². The molecular weight excluding hydrogens is 365 g/mol. The van der Waals surface area contributed by atoms with E-state index in [1.165, 1.54) is 17.8 Å². The lowest BCUT2D eigenvalue weighted by Gasteiger charge is -2.32. The lowest BCUT2D eigenvalue weighted by Crippen LogP contribution is -2.42. The number of piperidine rings is 1. The number of rotatable bonds is 4. The van der Waals surface area contributed by atoms with E-state index in [0.717, 1.165) is 30.6 Å². The minimum atomic E-state index is -0.0214. The first kappa shape index (κ1) is 17.7. The molecular formula is C17H19Cl2N3OS. The number of nitrogens with zero attached hydrogens (tertiary/aromatic N) is 2. The van der Waals surface area contributed by atoms with Crippen molar-refractivity contribution in [1.29, 1.82) is 0 Å². The Kier molecular flexibility index (Phi) is 5.76. The normalized spacial score (nSPS) is 18.5. The molecule has 1 fully saturated rings. The van der Waals surface area contributed by atoms with E-state index >= 15 is 0 Å².